The van der Waals surface area contributed by atoms with E-state index in [1.54, 1.807) is 0 Å². The predicted molar refractivity (Wildman–Crippen MR) is 96.8 cm³/mol. The average Bonchev–Trinajstić information content (AvgIpc) is 3.06. The van der Waals surface area contributed by atoms with E-state index in [1.165, 1.54) is 12.8 Å². The molecule has 1 aromatic heterocycles. The highest BCUT2D eigenvalue weighted by atomic mass is 16.3. The number of hydrogen-bond acceptors (Lipinski definition) is 6. The van der Waals surface area contributed by atoms with Crippen molar-refractivity contribution in [1.82, 2.24) is 20.2 Å². The predicted octanol–water partition coefficient (Wildman–Crippen LogP) is 0.830. The highest BCUT2D eigenvalue weighted by Gasteiger charge is 2.24. The molecule has 1 aromatic rings. The van der Waals surface area contributed by atoms with E-state index in [4.69, 9.17) is 0 Å². The van der Waals surface area contributed by atoms with Crippen LogP contribution in [0.1, 0.15) is 48.6 Å². The van der Waals surface area contributed by atoms with Gasteiger partial charge in [-0.25, -0.2) is 9.97 Å². The maximum atomic E-state index is 12.2. The Balaban J connectivity index is 1.72. The van der Waals surface area contributed by atoms with Crippen LogP contribution in [0, 0.1) is 5.92 Å². The molecule has 0 saturated carbocycles. The first-order valence-corrected chi connectivity index (χ1v) is 9.35. The summed E-state index contributed by atoms with van der Waals surface area (Å²) in [6, 6.07) is 0. The van der Waals surface area contributed by atoms with Crippen molar-refractivity contribution in [1.29, 1.82) is 0 Å². The minimum absolute atomic E-state index is 0.130. The molecule has 2 aliphatic heterocycles. The van der Waals surface area contributed by atoms with Crippen molar-refractivity contribution in [2.45, 2.75) is 45.6 Å². The summed E-state index contributed by atoms with van der Waals surface area (Å²) in [4.78, 5) is 23.6. The lowest BCUT2D eigenvalue weighted by molar-refractivity contribution is 0.0940. The van der Waals surface area contributed by atoms with Crippen LogP contribution in [-0.2, 0) is 12.8 Å². The first-order valence-electron chi connectivity index (χ1n) is 9.35. The Morgan fingerprint density at radius 2 is 2.04 bits per heavy atom. The Labute approximate surface area is 149 Å². The standard InChI is InChI=1S/C18H29N5O2/c1-12(2)9-15-21-16-14(5-6-19-18(16)25)17(22-15)20-10-13(24)11-23-7-3-4-8-23/h12-13,24H,3-11H2,1-2H3,(H,19,25)(H,20,21,22). The van der Waals surface area contributed by atoms with Crippen LogP contribution in [0.5, 0.6) is 0 Å². The molecule has 2 aliphatic rings. The second-order valence-corrected chi connectivity index (χ2v) is 7.46. The molecule has 3 N–H and O–H groups in total. The molecule has 1 amide bonds. The van der Waals surface area contributed by atoms with Crippen LogP contribution in [0.4, 0.5) is 5.82 Å². The molecule has 0 bridgehead atoms. The molecular formula is C18H29N5O2. The molecule has 0 radical (unpaired) electrons. The first kappa shape index (κ1) is 18.1. The minimum atomic E-state index is -0.449. The number of amides is 1. The van der Waals surface area contributed by atoms with Gasteiger partial charge in [0.15, 0.2) is 0 Å². The summed E-state index contributed by atoms with van der Waals surface area (Å²) in [5.41, 5.74) is 1.35. The lowest BCUT2D eigenvalue weighted by atomic mass is 10.0. The van der Waals surface area contributed by atoms with Crippen LogP contribution >= 0.6 is 0 Å². The number of aromatic nitrogens is 2. The Kier molecular flexibility index (Phi) is 5.86. The van der Waals surface area contributed by atoms with Gasteiger partial charge < -0.3 is 20.6 Å². The molecule has 3 rings (SSSR count). The third-order valence-electron chi connectivity index (χ3n) is 4.69. The van der Waals surface area contributed by atoms with E-state index in [0.717, 1.165) is 25.1 Å². The Bertz CT molecular complexity index is 614. The second-order valence-electron chi connectivity index (χ2n) is 7.46. The summed E-state index contributed by atoms with van der Waals surface area (Å²) in [5.74, 6) is 1.67. The summed E-state index contributed by atoms with van der Waals surface area (Å²) in [7, 11) is 0. The highest BCUT2D eigenvalue weighted by Crippen LogP contribution is 2.21. The molecule has 1 saturated heterocycles. The number of likely N-dealkylation sites (tertiary alicyclic amines) is 1. The number of rotatable bonds is 7. The number of anilines is 1. The van der Waals surface area contributed by atoms with Crippen LogP contribution in [0.25, 0.3) is 0 Å². The number of nitrogens with one attached hydrogen (secondary N) is 2. The van der Waals surface area contributed by atoms with E-state index in [9.17, 15) is 9.90 Å². The molecule has 138 valence electrons. The van der Waals surface area contributed by atoms with Gasteiger partial charge >= 0.3 is 0 Å². The van der Waals surface area contributed by atoms with Gasteiger partial charge in [0.2, 0.25) is 0 Å². The zero-order chi connectivity index (χ0) is 17.8. The van der Waals surface area contributed by atoms with Crippen molar-refractivity contribution in [3.63, 3.8) is 0 Å². The number of nitrogens with zero attached hydrogens (tertiary/aromatic N) is 3. The maximum absolute atomic E-state index is 12.2. The van der Waals surface area contributed by atoms with Crippen molar-refractivity contribution in [2.24, 2.45) is 5.92 Å². The van der Waals surface area contributed by atoms with Gasteiger partial charge in [-0.3, -0.25) is 4.79 Å². The molecule has 7 nitrogen and oxygen atoms in total. The van der Waals surface area contributed by atoms with E-state index < -0.39 is 6.10 Å². The quantitative estimate of drug-likeness (QED) is 0.677. The number of carbonyl (C=O) groups excluding carboxylic acids is 1. The van der Waals surface area contributed by atoms with Crippen molar-refractivity contribution in [2.75, 3.05) is 38.0 Å². The van der Waals surface area contributed by atoms with Gasteiger partial charge in [0.1, 0.15) is 17.3 Å². The molecule has 0 aromatic carbocycles. The Hall–Kier alpha value is -1.73. The molecule has 3 heterocycles. The molecule has 25 heavy (non-hydrogen) atoms. The number of aliphatic hydroxyl groups is 1. The average molecular weight is 347 g/mol. The van der Waals surface area contributed by atoms with Crippen molar-refractivity contribution < 1.29 is 9.90 Å². The van der Waals surface area contributed by atoms with Gasteiger partial charge in [0.25, 0.3) is 5.91 Å². The topological polar surface area (TPSA) is 90.4 Å². The third-order valence-corrected chi connectivity index (χ3v) is 4.69. The number of aliphatic hydroxyl groups excluding tert-OH is 1. The summed E-state index contributed by atoms with van der Waals surface area (Å²) < 4.78 is 0. The fraction of sp³-hybridized carbons (Fsp3) is 0.722. The largest absolute Gasteiger partial charge is 0.390 e. The molecular weight excluding hydrogens is 318 g/mol. The Morgan fingerprint density at radius 3 is 2.76 bits per heavy atom. The van der Waals surface area contributed by atoms with Gasteiger partial charge in [-0.2, -0.15) is 0 Å². The van der Waals surface area contributed by atoms with Gasteiger partial charge in [-0.1, -0.05) is 13.8 Å². The molecule has 0 aliphatic carbocycles. The number of carbonyl (C=O) groups is 1. The summed E-state index contributed by atoms with van der Waals surface area (Å²) in [5, 5.41) is 16.4. The fourth-order valence-electron chi connectivity index (χ4n) is 3.48. The van der Waals surface area contributed by atoms with Crippen molar-refractivity contribution in [3.05, 3.63) is 17.1 Å². The van der Waals surface area contributed by atoms with Gasteiger partial charge in [0.05, 0.1) is 6.10 Å². The zero-order valence-corrected chi connectivity index (χ0v) is 15.2. The van der Waals surface area contributed by atoms with Gasteiger partial charge in [-0.05, 0) is 38.3 Å². The van der Waals surface area contributed by atoms with Crippen LogP contribution in [0.3, 0.4) is 0 Å². The lowest BCUT2D eigenvalue weighted by Gasteiger charge is -2.23. The van der Waals surface area contributed by atoms with E-state index >= 15 is 0 Å². The van der Waals surface area contributed by atoms with Gasteiger partial charge in [0, 0.05) is 31.6 Å². The summed E-state index contributed by atoms with van der Waals surface area (Å²) >= 11 is 0. The monoisotopic (exact) mass is 347 g/mol. The van der Waals surface area contributed by atoms with Crippen molar-refractivity contribution >= 4 is 11.7 Å². The first-order chi connectivity index (χ1) is 12.0. The minimum Gasteiger partial charge on any atom is -0.390 e. The maximum Gasteiger partial charge on any atom is 0.270 e. The SMILES string of the molecule is CC(C)Cc1nc(NCC(O)CN2CCCC2)c2c(n1)C(=O)NCC2. The van der Waals surface area contributed by atoms with Crippen LogP contribution in [0.15, 0.2) is 0 Å². The number of fused-ring (bicyclic) bond motifs is 1. The van der Waals surface area contributed by atoms with Gasteiger partial charge in [-0.15, -0.1) is 0 Å². The highest BCUT2D eigenvalue weighted by molar-refractivity contribution is 5.95. The molecule has 0 spiro atoms. The molecule has 1 fully saturated rings. The van der Waals surface area contributed by atoms with E-state index in [-0.39, 0.29) is 5.91 Å². The second kappa shape index (κ2) is 8.10. The van der Waals surface area contributed by atoms with Crippen LogP contribution < -0.4 is 10.6 Å². The number of β-amino-alcohol motifs (C(OH)–C–C–N with tert-alkyl or cyclic N) is 1. The Morgan fingerprint density at radius 1 is 1.28 bits per heavy atom. The van der Waals surface area contributed by atoms with Crippen molar-refractivity contribution in [3.8, 4) is 0 Å². The fourth-order valence-corrected chi connectivity index (χ4v) is 3.48. The van der Waals surface area contributed by atoms with E-state index in [1.807, 2.05) is 0 Å². The lowest BCUT2D eigenvalue weighted by Crippen LogP contribution is -2.36. The third kappa shape index (κ3) is 4.67. The summed E-state index contributed by atoms with van der Waals surface area (Å²) in [6.07, 6.45) is 3.43. The normalized spacial score (nSPS) is 19.0. The summed E-state index contributed by atoms with van der Waals surface area (Å²) in [6.45, 7) is 8.06. The van der Waals surface area contributed by atoms with Crippen LogP contribution in [0.2, 0.25) is 0 Å². The molecule has 1 unspecified atom stereocenters. The smallest absolute Gasteiger partial charge is 0.270 e. The molecule has 7 heteroatoms. The van der Waals surface area contributed by atoms with Crippen LogP contribution in [-0.4, -0.2) is 64.7 Å². The molecule has 1 atom stereocenters. The zero-order valence-electron chi connectivity index (χ0n) is 15.2. The number of hydrogen-bond donors (Lipinski definition) is 3. The van der Waals surface area contributed by atoms with E-state index in [0.29, 0.717) is 49.3 Å². The van der Waals surface area contributed by atoms with E-state index in [2.05, 4.69) is 39.3 Å².